The van der Waals surface area contributed by atoms with Gasteiger partial charge >= 0.3 is 6.18 Å². The number of halogens is 5. The minimum atomic E-state index is -4.31. The minimum absolute atomic E-state index is 0.163. The first-order chi connectivity index (χ1) is 14.2. The molecule has 0 spiro atoms. The van der Waals surface area contributed by atoms with Crippen LogP contribution in [0.4, 0.5) is 18.9 Å². The topological polar surface area (TPSA) is 30.5 Å². The molecule has 0 fully saturated rings. The van der Waals surface area contributed by atoms with E-state index in [1.807, 2.05) is 26.0 Å². The number of hydrogen-bond acceptors (Lipinski definition) is 3. The van der Waals surface area contributed by atoms with Gasteiger partial charge in [-0.05, 0) is 80.3 Å². The molecule has 0 aliphatic rings. The van der Waals surface area contributed by atoms with Gasteiger partial charge in [0.15, 0.2) is 0 Å². The summed E-state index contributed by atoms with van der Waals surface area (Å²) in [5.41, 5.74) is 1.95. The molecule has 2 rings (SSSR count). The highest BCUT2D eigenvalue weighted by atomic mass is 35.5. The second-order valence-corrected chi connectivity index (χ2v) is 7.76. The van der Waals surface area contributed by atoms with Crippen LogP contribution in [0.5, 0.6) is 11.5 Å². The fraction of sp³-hybridized carbons (Fsp3) is 0.364. The van der Waals surface area contributed by atoms with Crippen LogP contribution < -0.4 is 14.8 Å². The lowest BCUT2D eigenvalue weighted by molar-refractivity contribution is -0.137. The molecule has 0 radical (unpaired) electrons. The van der Waals surface area contributed by atoms with Crippen LogP contribution in [0.25, 0.3) is 0 Å². The van der Waals surface area contributed by atoms with Crippen molar-refractivity contribution in [1.29, 1.82) is 0 Å². The first-order valence-electron chi connectivity index (χ1n) is 9.46. The Hall–Kier alpha value is -2.05. The summed E-state index contributed by atoms with van der Waals surface area (Å²) in [5, 5.41) is 3.12. The van der Waals surface area contributed by atoms with E-state index in [9.17, 15) is 13.2 Å². The van der Waals surface area contributed by atoms with Crippen LogP contribution in [0.1, 0.15) is 29.5 Å². The average molecular weight is 462 g/mol. The van der Waals surface area contributed by atoms with Crippen LogP contribution in [0, 0.1) is 13.8 Å². The highest BCUT2D eigenvalue weighted by Gasteiger charge is 2.29. The Bertz CT molecular complexity index is 825. The van der Waals surface area contributed by atoms with Gasteiger partial charge in [0.1, 0.15) is 22.6 Å². The molecule has 0 aromatic heterocycles. The Morgan fingerprint density at radius 3 is 2.20 bits per heavy atom. The van der Waals surface area contributed by atoms with E-state index in [-0.39, 0.29) is 11.1 Å². The Kier molecular flexibility index (Phi) is 9.18. The molecule has 0 aliphatic carbocycles. The molecule has 2 aromatic carbocycles. The van der Waals surface area contributed by atoms with Crippen LogP contribution in [-0.4, -0.2) is 19.8 Å². The number of hydrogen-bond donors (Lipinski definition) is 1. The number of rotatable bonds is 10. The Labute approximate surface area is 184 Å². The van der Waals surface area contributed by atoms with E-state index < -0.39 is 11.7 Å². The third-order valence-corrected chi connectivity index (χ3v) is 4.59. The maximum Gasteiger partial charge on any atom is 0.416 e. The summed E-state index contributed by atoms with van der Waals surface area (Å²) in [6.45, 7) is 5.38. The lowest BCUT2D eigenvalue weighted by atomic mass is 10.1. The van der Waals surface area contributed by atoms with Crippen molar-refractivity contribution in [2.45, 2.75) is 32.9 Å². The lowest BCUT2D eigenvalue weighted by Gasteiger charge is -2.14. The Morgan fingerprint density at radius 2 is 1.63 bits per heavy atom. The normalized spacial score (nSPS) is 11.2. The maximum absolute atomic E-state index is 12.6. The van der Waals surface area contributed by atoms with Crippen LogP contribution in [-0.2, 0) is 6.18 Å². The van der Waals surface area contributed by atoms with Crippen molar-refractivity contribution in [2.75, 3.05) is 25.1 Å². The van der Waals surface area contributed by atoms with E-state index in [2.05, 4.69) is 5.32 Å². The molecule has 8 heteroatoms. The number of benzene rings is 2. The van der Waals surface area contributed by atoms with Gasteiger partial charge in [-0.25, -0.2) is 0 Å². The van der Waals surface area contributed by atoms with Gasteiger partial charge in [0.25, 0.3) is 0 Å². The van der Waals surface area contributed by atoms with E-state index in [0.717, 1.165) is 41.9 Å². The standard InChI is InChI=1S/C22H24Cl2F3NO2/c1-15-13-19(29-12-9-20(23)24)14-16(2)21(15)30-11-4-3-10-28-18-7-5-17(6-8-18)22(25,26)27/h5-9,13-14,28H,3-4,10-12H2,1-2H3. The molecule has 0 unspecified atom stereocenters. The molecule has 0 bridgehead atoms. The van der Waals surface area contributed by atoms with Crippen LogP contribution in [0.2, 0.25) is 0 Å². The fourth-order valence-electron chi connectivity index (χ4n) is 2.83. The summed E-state index contributed by atoms with van der Waals surface area (Å²) in [5.74, 6) is 1.54. The zero-order chi connectivity index (χ0) is 22.1. The van der Waals surface area contributed by atoms with Crippen LogP contribution in [0.15, 0.2) is 47.0 Å². The second kappa shape index (κ2) is 11.4. The van der Waals surface area contributed by atoms with Gasteiger partial charge in [-0.3, -0.25) is 0 Å². The summed E-state index contributed by atoms with van der Waals surface area (Å²) in [6, 6.07) is 8.81. The van der Waals surface area contributed by atoms with Gasteiger partial charge in [0.2, 0.25) is 0 Å². The monoisotopic (exact) mass is 461 g/mol. The predicted molar refractivity (Wildman–Crippen MR) is 116 cm³/mol. The summed E-state index contributed by atoms with van der Waals surface area (Å²) >= 11 is 11.1. The van der Waals surface area contributed by atoms with E-state index >= 15 is 0 Å². The van der Waals surface area contributed by atoms with Crippen molar-refractivity contribution in [3.8, 4) is 11.5 Å². The molecule has 0 saturated heterocycles. The van der Waals surface area contributed by atoms with E-state index in [1.54, 1.807) is 6.08 Å². The van der Waals surface area contributed by atoms with Gasteiger partial charge in [0, 0.05) is 12.2 Å². The fourth-order valence-corrected chi connectivity index (χ4v) is 2.96. The van der Waals surface area contributed by atoms with Crippen LogP contribution in [0.3, 0.4) is 0 Å². The highest BCUT2D eigenvalue weighted by Crippen LogP contribution is 2.30. The quantitative estimate of drug-likeness (QED) is 0.376. The van der Waals surface area contributed by atoms with Crippen LogP contribution >= 0.6 is 23.2 Å². The van der Waals surface area contributed by atoms with Crippen molar-refractivity contribution in [1.82, 2.24) is 0 Å². The van der Waals surface area contributed by atoms with Gasteiger partial charge in [-0.1, -0.05) is 23.2 Å². The van der Waals surface area contributed by atoms with Gasteiger partial charge in [-0.15, -0.1) is 0 Å². The summed E-state index contributed by atoms with van der Waals surface area (Å²) < 4.78 is 49.3. The summed E-state index contributed by atoms with van der Waals surface area (Å²) in [7, 11) is 0. The summed E-state index contributed by atoms with van der Waals surface area (Å²) in [4.78, 5) is 0. The molecular formula is C22H24Cl2F3NO2. The molecule has 164 valence electrons. The Balaban J connectivity index is 1.73. The van der Waals surface area contributed by atoms with E-state index in [1.165, 1.54) is 12.1 Å². The molecular weight excluding hydrogens is 438 g/mol. The summed E-state index contributed by atoms with van der Waals surface area (Å²) in [6.07, 6.45) is -1.11. The van der Waals surface area contributed by atoms with Gasteiger partial charge < -0.3 is 14.8 Å². The molecule has 0 amide bonds. The number of alkyl halides is 3. The van der Waals surface area contributed by atoms with Crippen molar-refractivity contribution in [3.05, 3.63) is 63.7 Å². The molecule has 0 atom stereocenters. The van der Waals surface area contributed by atoms with Crippen molar-refractivity contribution < 1.29 is 22.6 Å². The number of anilines is 1. The average Bonchev–Trinajstić information content (AvgIpc) is 2.65. The molecule has 0 heterocycles. The predicted octanol–water partition coefficient (Wildman–Crippen LogP) is 7.29. The van der Waals surface area contributed by atoms with E-state index in [0.29, 0.717) is 24.6 Å². The number of aryl methyl sites for hydroxylation is 2. The minimum Gasteiger partial charge on any atom is -0.493 e. The van der Waals surface area contributed by atoms with Crippen molar-refractivity contribution in [3.63, 3.8) is 0 Å². The maximum atomic E-state index is 12.6. The molecule has 1 N–H and O–H groups in total. The van der Waals surface area contributed by atoms with Gasteiger partial charge in [-0.2, -0.15) is 13.2 Å². The van der Waals surface area contributed by atoms with Crippen molar-refractivity contribution >= 4 is 28.9 Å². The molecule has 30 heavy (non-hydrogen) atoms. The zero-order valence-corrected chi connectivity index (χ0v) is 18.3. The Morgan fingerprint density at radius 1 is 1.00 bits per heavy atom. The zero-order valence-electron chi connectivity index (χ0n) is 16.8. The first-order valence-corrected chi connectivity index (χ1v) is 10.2. The number of unbranched alkanes of at least 4 members (excludes halogenated alkanes) is 1. The molecule has 2 aromatic rings. The van der Waals surface area contributed by atoms with Crippen molar-refractivity contribution in [2.24, 2.45) is 0 Å². The SMILES string of the molecule is Cc1cc(OCC=C(Cl)Cl)cc(C)c1OCCCCNc1ccc(C(F)(F)F)cc1. The molecule has 0 aliphatic heterocycles. The third kappa shape index (κ3) is 8.00. The van der Waals surface area contributed by atoms with Gasteiger partial charge in [0.05, 0.1) is 12.2 Å². The number of nitrogens with one attached hydrogen (secondary N) is 1. The lowest BCUT2D eigenvalue weighted by Crippen LogP contribution is -2.07. The second-order valence-electron chi connectivity index (χ2n) is 6.75. The molecule has 3 nitrogen and oxygen atoms in total. The third-order valence-electron chi connectivity index (χ3n) is 4.28. The smallest absolute Gasteiger partial charge is 0.416 e. The largest absolute Gasteiger partial charge is 0.493 e. The number of ether oxygens (including phenoxy) is 2. The highest BCUT2D eigenvalue weighted by molar-refractivity contribution is 6.55. The van der Waals surface area contributed by atoms with E-state index in [4.69, 9.17) is 32.7 Å². The first kappa shape index (κ1) is 24.2. The molecule has 0 saturated carbocycles.